The average molecular weight is 285 g/mol. The first-order chi connectivity index (χ1) is 10.2. The predicted molar refractivity (Wildman–Crippen MR) is 82.2 cm³/mol. The van der Waals surface area contributed by atoms with Gasteiger partial charge in [-0.1, -0.05) is 41.8 Å². The van der Waals surface area contributed by atoms with E-state index in [0.29, 0.717) is 12.3 Å². The van der Waals surface area contributed by atoms with Gasteiger partial charge in [-0.2, -0.15) is 4.98 Å². The standard InChI is InChI=1S/C17H23N3O/c1-12-7-8-13(2)14(10-12)11-16-19-17(20-21-16)15-6-4-3-5-9-18-15/h7-8,10,15,18H,3-6,9,11H2,1-2H3. The second kappa shape index (κ2) is 6.39. The van der Waals surface area contributed by atoms with Crippen molar-refractivity contribution in [1.29, 1.82) is 0 Å². The lowest BCUT2D eigenvalue weighted by Crippen LogP contribution is -2.21. The van der Waals surface area contributed by atoms with Crippen LogP contribution in [-0.2, 0) is 6.42 Å². The van der Waals surface area contributed by atoms with Gasteiger partial charge in [0.1, 0.15) is 0 Å². The van der Waals surface area contributed by atoms with Crippen molar-refractivity contribution in [3.63, 3.8) is 0 Å². The van der Waals surface area contributed by atoms with Gasteiger partial charge in [-0.3, -0.25) is 0 Å². The lowest BCUT2D eigenvalue weighted by molar-refractivity contribution is 0.369. The van der Waals surface area contributed by atoms with Gasteiger partial charge in [0.15, 0.2) is 5.82 Å². The van der Waals surface area contributed by atoms with Gasteiger partial charge in [0.2, 0.25) is 5.89 Å². The summed E-state index contributed by atoms with van der Waals surface area (Å²) in [5, 5.41) is 7.69. The Balaban J connectivity index is 1.74. The molecule has 0 bridgehead atoms. The number of benzene rings is 1. The maximum atomic E-state index is 5.46. The Hall–Kier alpha value is -1.68. The van der Waals surface area contributed by atoms with Gasteiger partial charge in [0, 0.05) is 0 Å². The van der Waals surface area contributed by atoms with Crippen molar-refractivity contribution in [1.82, 2.24) is 15.5 Å². The second-order valence-electron chi connectivity index (χ2n) is 6.01. The quantitative estimate of drug-likeness (QED) is 0.938. The molecule has 3 rings (SSSR count). The van der Waals surface area contributed by atoms with E-state index in [9.17, 15) is 0 Å². The van der Waals surface area contributed by atoms with E-state index in [-0.39, 0.29) is 6.04 Å². The number of aromatic nitrogens is 2. The van der Waals surface area contributed by atoms with E-state index >= 15 is 0 Å². The number of aryl methyl sites for hydroxylation is 2. The van der Waals surface area contributed by atoms with Gasteiger partial charge in [0.25, 0.3) is 0 Å². The molecular formula is C17H23N3O. The first kappa shape index (κ1) is 14.3. The minimum atomic E-state index is 0.253. The monoisotopic (exact) mass is 285 g/mol. The summed E-state index contributed by atoms with van der Waals surface area (Å²) in [6.07, 6.45) is 5.58. The van der Waals surface area contributed by atoms with Gasteiger partial charge < -0.3 is 9.84 Å². The number of nitrogens with one attached hydrogen (secondary N) is 1. The summed E-state index contributed by atoms with van der Waals surface area (Å²) in [6.45, 7) is 5.28. The Morgan fingerprint density at radius 2 is 2.14 bits per heavy atom. The van der Waals surface area contributed by atoms with Crippen LogP contribution in [0.4, 0.5) is 0 Å². The van der Waals surface area contributed by atoms with E-state index in [1.807, 2.05) is 0 Å². The Morgan fingerprint density at radius 1 is 1.24 bits per heavy atom. The van der Waals surface area contributed by atoms with Crippen LogP contribution in [0.25, 0.3) is 0 Å². The van der Waals surface area contributed by atoms with Crippen LogP contribution in [0.5, 0.6) is 0 Å². The lowest BCUT2D eigenvalue weighted by Gasteiger charge is -2.10. The molecule has 1 fully saturated rings. The van der Waals surface area contributed by atoms with E-state index in [0.717, 1.165) is 18.8 Å². The summed E-state index contributed by atoms with van der Waals surface area (Å²) in [5.41, 5.74) is 3.80. The molecular weight excluding hydrogens is 262 g/mol. The Bertz CT molecular complexity index is 598. The van der Waals surface area contributed by atoms with Crippen LogP contribution in [0.2, 0.25) is 0 Å². The highest BCUT2D eigenvalue weighted by Crippen LogP contribution is 2.21. The molecule has 1 aromatic carbocycles. The minimum absolute atomic E-state index is 0.253. The highest BCUT2D eigenvalue weighted by atomic mass is 16.5. The van der Waals surface area contributed by atoms with E-state index in [1.165, 1.54) is 36.0 Å². The molecule has 2 heterocycles. The summed E-state index contributed by atoms with van der Waals surface area (Å²) in [5.74, 6) is 1.53. The Kier molecular flexibility index (Phi) is 4.34. The SMILES string of the molecule is Cc1ccc(C)c(Cc2nc(C3CCCCCN3)no2)c1. The van der Waals surface area contributed by atoms with E-state index in [1.54, 1.807) is 0 Å². The van der Waals surface area contributed by atoms with E-state index < -0.39 is 0 Å². The fourth-order valence-electron chi connectivity index (χ4n) is 2.88. The molecule has 0 saturated carbocycles. The molecule has 0 spiro atoms. The summed E-state index contributed by atoms with van der Waals surface area (Å²) >= 11 is 0. The molecule has 0 aliphatic carbocycles. The smallest absolute Gasteiger partial charge is 0.231 e. The van der Waals surface area contributed by atoms with E-state index in [2.05, 4.69) is 47.5 Å². The fraction of sp³-hybridized carbons (Fsp3) is 0.529. The van der Waals surface area contributed by atoms with Crippen molar-refractivity contribution in [3.05, 3.63) is 46.6 Å². The van der Waals surface area contributed by atoms with Crippen LogP contribution >= 0.6 is 0 Å². The largest absolute Gasteiger partial charge is 0.339 e. The Morgan fingerprint density at radius 3 is 3.05 bits per heavy atom. The average Bonchev–Trinajstić information content (AvgIpc) is 2.76. The third-order valence-electron chi connectivity index (χ3n) is 4.20. The van der Waals surface area contributed by atoms with Crippen LogP contribution in [0.1, 0.15) is 60.1 Å². The third-order valence-corrected chi connectivity index (χ3v) is 4.20. The van der Waals surface area contributed by atoms with Gasteiger partial charge >= 0.3 is 0 Å². The van der Waals surface area contributed by atoms with Crippen LogP contribution in [-0.4, -0.2) is 16.7 Å². The first-order valence-corrected chi connectivity index (χ1v) is 7.84. The second-order valence-corrected chi connectivity index (χ2v) is 6.01. The molecule has 1 aliphatic rings. The number of hydrogen-bond donors (Lipinski definition) is 1. The van der Waals surface area contributed by atoms with Crippen LogP contribution in [0.3, 0.4) is 0 Å². The lowest BCUT2D eigenvalue weighted by atomic mass is 10.0. The molecule has 0 amide bonds. The zero-order valence-electron chi connectivity index (χ0n) is 12.9. The molecule has 112 valence electrons. The fourth-order valence-corrected chi connectivity index (χ4v) is 2.88. The maximum absolute atomic E-state index is 5.46. The maximum Gasteiger partial charge on any atom is 0.231 e. The molecule has 2 aromatic rings. The van der Waals surface area contributed by atoms with E-state index in [4.69, 9.17) is 4.52 Å². The van der Waals surface area contributed by atoms with Crippen molar-refractivity contribution in [2.24, 2.45) is 0 Å². The van der Waals surface area contributed by atoms with Gasteiger partial charge in [-0.15, -0.1) is 0 Å². The summed E-state index contributed by atoms with van der Waals surface area (Å²) in [4.78, 5) is 4.60. The van der Waals surface area contributed by atoms with Crippen LogP contribution in [0.15, 0.2) is 22.7 Å². The summed E-state index contributed by atoms with van der Waals surface area (Å²) in [6, 6.07) is 6.73. The zero-order chi connectivity index (χ0) is 14.7. The first-order valence-electron chi connectivity index (χ1n) is 7.84. The summed E-state index contributed by atoms with van der Waals surface area (Å²) in [7, 11) is 0. The van der Waals surface area contributed by atoms with Gasteiger partial charge in [0.05, 0.1) is 12.5 Å². The van der Waals surface area contributed by atoms with Crippen molar-refractivity contribution in [2.75, 3.05) is 6.54 Å². The number of hydrogen-bond acceptors (Lipinski definition) is 4. The molecule has 1 N–H and O–H groups in total. The van der Waals surface area contributed by atoms with Crippen LogP contribution < -0.4 is 5.32 Å². The Labute approximate surface area is 126 Å². The molecule has 1 unspecified atom stereocenters. The normalized spacial score (nSPS) is 19.4. The highest BCUT2D eigenvalue weighted by molar-refractivity contribution is 5.32. The molecule has 21 heavy (non-hydrogen) atoms. The minimum Gasteiger partial charge on any atom is -0.339 e. The van der Waals surface area contributed by atoms with Crippen molar-refractivity contribution in [2.45, 2.75) is 52.0 Å². The topological polar surface area (TPSA) is 51.0 Å². The van der Waals surface area contributed by atoms with Gasteiger partial charge in [-0.05, 0) is 44.4 Å². The third kappa shape index (κ3) is 3.50. The number of nitrogens with zero attached hydrogens (tertiary/aromatic N) is 2. The van der Waals surface area contributed by atoms with Gasteiger partial charge in [-0.25, -0.2) is 0 Å². The molecule has 1 saturated heterocycles. The molecule has 0 radical (unpaired) electrons. The van der Waals surface area contributed by atoms with Crippen LogP contribution in [0, 0.1) is 13.8 Å². The number of rotatable bonds is 3. The molecule has 4 heteroatoms. The molecule has 1 aliphatic heterocycles. The van der Waals surface area contributed by atoms with Crippen molar-refractivity contribution >= 4 is 0 Å². The van der Waals surface area contributed by atoms with Crippen molar-refractivity contribution < 1.29 is 4.52 Å². The van der Waals surface area contributed by atoms with Crippen molar-refractivity contribution in [3.8, 4) is 0 Å². The molecule has 1 aromatic heterocycles. The highest BCUT2D eigenvalue weighted by Gasteiger charge is 2.19. The predicted octanol–water partition coefficient (Wildman–Crippen LogP) is 3.48. The molecule has 1 atom stereocenters. The molecule has 4 nitrogen and oxygen atoms in total. The summed E-state index contributed by atoms with van der Waals surface area (Å²) < 4.78 is 5.46. The zero-order valence-corrected chi connectivity index (χ0v) is 12.9.